The van der Waals surface area contributed by atoms with Crippen molar-refractivity contribution in [1.82, 2.24) is 15.1 Å². The lowest BCUT2D eigenvalue weighted by Gasteiger charge is -2.32. The summed E-state index contributed by atoms with van der Waals surface area (Å²) in [6.07, 6.45) is 7.07. The molecule has 0 radical (unpaired) electrons. The third kappa shape index (κ3) is 3.51. The van der Waals surface area contributed by atoms with Gasteiger partial charge in [-0.15, -0.1) is 0 Å². The van der Waals surface area contributed by atoms with Crippen LogP contribution in [0.15, 0.2) is 36.5 Å². The van der Waals surface area contributed by atoms with E-state index in [9.17, 15) is 9.90 Å². The summed E-state index contributed by atoms with van der Waals surface area (Å²) < 4.78 is 1.81. The van der Waals surface area contributed by atoms with Crippen molar-refractivity contribution in [3.05, 3.63) is 47.8 Å². The standard InChI is InChI=1S/C19H25N3O2/c1-2-17-16(13-21-22(17)15-9-5-3-6-10-15)18(23)20-14-19(24)11-7-4-8-12-19/h3,5-6,9-10,13,24H,2,4,7-8,11-12,14H2,1H3,(H,20,23). The maximum Gasteiger partial charge on any atom is 0.254 e. The predicted molar refractivity (Wildman–Crippen MR) is 93.3 cm³/mol. The van der Waals surface area contributed by atoms with Gasteiger partial charge in [-0.25, -0.2) is 4.68 Å². The van der Waals surface area contributed by atoms with Gasteiger partial charge in [0.25, 0.3) is 5.91 Å². The van der Waals surface area contributed by atoms with Crippen LogP contribution >= 0.6 is 0 Å². The van der Waals surface area contributed by atoms with E-state index in [1.54, 1.807) is 6.20 Å². The molecule has 0 bridgehead atoms. The second-order valence-electron chi connectivity index (χ2n) is 6.57. The SMILES string of the molecule is CCc1c(C(=O)NCC2(O)CCCCC2)cnn1-c1ccccc1. The molecule has 1 aliphatic rings. The highest BCUT2D eigenvalue weighted by Gasteiger charge is 2.30. The number of hydrogen-bond acceptors (Lipinski definition) is 3. The zero-order valence-corrected chi connectivity index (χ0v) is 14.2. The molecule has 128 valence electrons. The number of aliphatic hydroxyl groups is 1. The number of nitrogens with one attached hydrogen (secondary N) is 1. The van der Waals surface area contributed by atoms with E-state index in [1.165, 1.54) is 6.42 Å². The van der Waals surface area contributed by atoms with Crippen LogP contribution in [0.1, 0.15) is 55.1 Å². The van der Waals surface area contributed by atoms with Crippen LogP contribution in [0, 0.1) is 0 Å². The average molecular weight is 327 g/mol. The Hall–Kier alpha value is -2.14. The molecule has 0 saturated heterocycles. The van der Waals surface area contributed by atoms with Gasteiger partial charge in [-0.2, -0.15) is 5.10 Å². The third-order valence-corrected chi connectivity index (χ3v) is 4.81. The average Bonchev–Trinajstić information content (AvgIpc) is 3.05. The molecule has 0 unspecified atom stereocenters. The minimum Gasteiger partial charge on any atom is -0.388 e. The van der Waals surface area contributed by atoms with Crippen LogP contribution in [0.5, 0.6) is 0 Å². The highest BCUT2D eigenvalue weighted by atomic mass is 16.3. The van der Waals surface area contributed by atoms with Crippen LogP contribution in [-0.2, 0) is 6.42 Å². The summed E-state index contributed by atoms with van der Waals surface area (Å²) in [4.78, 5) is 12.6. The van der Waals surface area contributed by atoms with E-state index in [0.717, 1.165) is 37.1 Å². The molecule has 0 spiro atoms. The van der Waals surface area contributed by atoms with Gasteiger partial charge >= 0.3 is 0 Å². The number of benzene rings is 1. The van der Waals surface area contributed by atoms with E-state index < -0.39 is 5.60 Å². The summed E-state index contributed by atoms with van der Waals surface area (Å²) in [5, 5.41) is 17.8. The summed E-state index contributed by atoms with van der Waals surface area (Å²) in [6, 6.07) is 9.80. The molecule has 1 aliphatic carbocycles. The van der Waals surface area contributed by atoms with Crippen LogP contribution < -0.4 is 5.32 Å². The smallest absolute Gasteiger partial charge is 0.254 e. The van der Waals surface area contributed by atoms with Crippen molar-refractivity contribution in [1.29, 1.82) is 0 Å². The van der Waals surface area contributed by atoms with Gasteiger partial charge in [0.15, 0.2) is 0 Å². The number of para-hydroxylation sites is 1. The molecule has 0 aliphatic heterocycles. The molecule has 1 heterocycles. The molecule has 24 heavy (non-hydrogen) atoms. The van der Waals surface area contributed by atoms with E-state index in [-0.39, 0.29) is 5.91 Å². The van der Waals surface area contributed by atoms with E-state index in [4.69, 9.17) is 0 Å². The molecular formula is C19H25N3O2. The number of carbonyl (C=O) groups is 1. The summed E-state index contributed by atoms with van der Waals surface area (Å²) >= 11 is 0. The molecule has 2 aromatic rings. The van der Waals surface area contributed by atoms with E-state index >= 15 is 0 Å². The van der Waals surface area contributed by atoms with Crippen molar-refractivity contribution in [3.63, 3.8) is 0 Å². The van der Waals surface area contributed by atoms with Crippen molar-refractivity contribution in [2.75, 3.05) is 6.54 Å². The molecule has 1 aromatic carbocycles. The maximum atomic E-state index is 12.6. The quantitative estimate of drug-likeness (QED) is 0.887. The number of aromatic nitrogens is 2. The summed E-state index contributed by atoms with van der Waals surface area (Å²) in [6.45, 7) is 2.33. The monoisotopic (exact) mass is 327 g/mol. The van der Waals surface area contributed by atoms with Crippen LogP contribution in [0.4, 0.5) is 0 Å². The third-order valence-electron chi connectivity index (χ3n) is 4.81. The van der Waals surface area contributed by atoms with Gasteiger partial charge in [-0.05, 0) is 31.4 Å². The van der Waals surface area contributed by atoms with Crippen molar-refractivity contribution >= 4 is 5.91 Å². The molecule has 3 rings (SSSR count). The zero-order valence-electron chi connectivity index (χ0n) is 14.2. The predicted octanol–water partition coefficient (Wildman–Crippen LogP) is 2.86. The number of hydrogen-bond donors (Lipinski definition) is 2. The Morgan fingerprint density at radius 1 is 1.25 bits per heavy atom. The van der Waals surface area contributed by atoms with Gasteiger partial charge in [0.05, 0.1) is 28.7 Å². The number of amides is 1. The Labute approximate surface area is 142 Å². The molecule has 1 aromatic heterocycles. The van der Waals surface area contributed by atoms with Gasteiger partial charge in [0.1, 0.15) is 0 Å². The first-order valence-electron chi connectivity index (χ1n) is 8.76. The molecule has 1 saturated carbocycles. The Kier molecular flexibility index (Phi) is 5.00. The fraction of sp³-hybridized carbons (Fsp3) is 0.474. The second kappa shape index (κ2) is 7.18. The van der Waals surface area contributed by atoms with Crippen molar-refractivity contribution < 1.29 is 9.90 Å². The maximum absolute atomic E-state index is 12.6. The van der Waals surface area contributed by atoms with Gasteiger partial charge < -0.3 is 10.4 Å². The summed E-state index contributed by atoms with van der Waals surface area (Å²) in [5.41, 5.74) is 1.66. The Morgan fingerprint density at radius 3 is 2.62 bits per heavy atom. The Balaban J connectivity index is 1.74. The Morgan fingerprint density at radius 2 is 1.96 bits per heavy atom. The fourth-order valence-electron chi connectivity index (χ4n) is 3.42. The summed E-state index contributed by atoms with van der Waals surface area (Å²) in [5.74, 6) is -0.159. The number of rotatable bonds is 5. The minimum absolute atomic E-state index is 0.159. The number of carbonyl (C=O) groups excluding carboxylic acids is 1. The van der Waals surface area contributed by atoms with Gasteiger partial charge in [-0.3, -0.25) is 4.79 Å². The Bertz CT molecular complexity index is 688. The summed E-state index contributed by atoms with van der Waals surface area (Å²) in [7, 11) is 0. The van der Waals surface area contributed by atoms with Crippen molar-refractivity contribution in [2.45, 2.75) is 51.0 Å². The molecule has 5 heteroatoms. The highest BCUT2D eigenvalue weighted by Crippen LogP contribution is 2.27. The van der Waals surface area contributed by atoms with Crippen LogP contribution in [0.2, 0.25) is 0 Å². The minimum atomic E-state index is -0.754. The lowest BCUT2D eigenvalue weighted by Crippen LogP contribution is -2.44. The van der Waals surface area contributed by atoms with E-state index in [0.29, 0.717) is 18.5 Å². The zero-order chi connectivity index (χ0) is 17.0. The van der Waals surface area contributed by atoms with Crippen LogP contribution in [0.3, 0.4) is 0 Å². The van der Waals surface area contributed by atoms with Crippen molar-refractivity contribution in [3.8, 4) is 5.69 Å². The van der Waals surface area contributed by atoms with Gasteiger partial charge in [0.2, 0.25) is 0 Å². The largest absolute Gasteiger partial charge is 0.388 e. The highest BCUT2D eigenvalue weighted by molar-refractivity contribution is 5.95. The molecule has 1 amide bonds. The molecule has 1 fully saturated rings. The first-order valence-corrected chi connectivity index (χ1v) is 8.76. The van der Waals surface area contributed by atoms with Crippen LogP contribution in [0.25, 0.3) is 5.69 Å². The lowest BCUT2D eigenvalue weighted by atomic mass is 9.85. The lowest BCUT2D eigenvalue weighted by molar-refractivity contribution is 0.00524. The molecule has 2 N–H and O–H groups in total. The number of nitrogens with zero attached hydrogens (tertiary/aromatic N) is 2. The molecular weight excluding hydrogens is 302 g/mol. The normalized spacial score (nSPS) is 16.8. The van der Waals surface area contributed by atoms with Crippen molar-refractivity contribution in [2.24, 2.45) is 0 Å². The van der Waals surface area contributed by atoms with E-state index in [2.05, 4.69) is 10.4 Å². The fourth-order valence-corrected chi connectivity index (χ4v) is 3.42. The second-order valence-corrected chi connectivity index (χ2v) is 6.57. The topological polar surface area (TPSA) is 67.2 Å². The van der Waals surface area contributed by atoms with E-state index in [1.807, 2.05) is 41.9 Å². The van der Waals surface area contributed by atoms with Crippen LogP contribution in [-0.4, -0.2) is 32.9 Å². The molecule has 5 nitrogen and oxygen atoms in total. The van der Waals surface area contributed by atoms with Gasteiger partial charge in [-0.1, -0.05) is 44.4 Å². The van der Waals surface area contributed by atoms with Gasteiger partial charge in [0, 0.05) is 6.54 Å². The first-order chi connectivity index (χ1) is 11.6. The first kappa shape index (κ1) is 16.7. The molecule has 0 atom stereocenters.